The normalized spacial score (nSPS) is 22.0. The Morgan fingerprint density at radius 2 is 1.74 bits per heavy atom. The minimum Gasteiger partial charge on any atom is -0.0805 e. The van der Waals surface area contributed by atoms with Gasteiger partial charge in [-0.2, -0.15) is 0 Å². The molecule has 0 spiro atoms. The number of benzene rings is 3. The van der Waals surface area contributed by atoms with E-state index >= 15 is 0 Å². The zero-order valence-corrected chi connectivity index (χ0v) is 14.1. The first-order valence-corrected chi connectivity index (χ1v) is 8.84. The third-order valence-corrected chi connectivity index (χ3v) is 6.30. The molecule has 5 rings (SSSR count). The summed E-state index contributed by atoms with van der Waals surface area (Å²) < 4.78 is 0. The number of hydrogen-bond acceptors (Lipinski definition) is 0. The van der Waals surface area contributed by atoms with E-state index in [9.17, 15) is 0 Å². The van der Waals surface area contributed by atoms with Crippen LogP contribution in [0.2, 0.25) is 0 Å². The average molecular weight is 298 g/mol. The van der Waals surface area contributed by atoms with Crippen LogP contribution in [-0.4, -0.2) is 0 Å². The van der Waals surface area contributed by atoms with Crippen LogP contribution in [0.5, 0.6) is 0 Å². The molecule has 2 aliphatic carbocycles. The molecule has 0 nitrogen and oxygen atoms in total. The van der Waals surface area contributed by atoms with Gasteiger partial charge in [0.05, 0.1) is 0 Å². The van der Waals surface area contributed by atoms with Gasteiger partial charge in [-0.25, -0.2) is 0 Å². The number of fused-ring (bicyclic) bond motifs is 4. The Hall–Kier alpha value is -2.08. The number of hydrogen-bond donors (Lipinski definition) is 0. The van der Waals surface area contributed by atoms with E-state index in [1.807, 2.05) is 0 Å². The van der Waals surface area contributed by atoms with Gasteiger partial charge in [-0.05, 0) is 87.0 Å². The summed E-state index contributed by atoms with van der Waals surface area (Å²) in [6.45, 7) is 6.94. The van der Waals surface area contributed by atoms with Crippen LogP contribution in [0.4, 0.5) is 0 Å². The molecule has 3 aromatic carbocycles. The van der Waals surface area contributed by atoms with Crippen molar-refractivity contribution >= 4 is 27.6 Å². The quantitative estimate of drug-likeness (QED) is 0.436. The number of allylic oxidation sites excluding steroid dienone is 1. The van der Waals surface area contributed by atoms with E-state index in [-0.39, 0.29) is 0 Å². The predicted molar refractivity (Wildman–Crippen MR) is 100 cm³/mol. The molecule has 0 N–H and O–H groups in total. The van der Waals surface area contributed by atoms with Crippen molar-refractivity contribution in [2.45, 2.75) is 39.5 Å². The van der Waals surface area contributed by atoms with Gasteiger partial charge in [0.2, 0.25) is 0 Å². The van der Waals surface area contributed by atoms with Gasteiger partial charge >= 0.3 is 0 Å². The van der Waals surface area contributed by atoms with Crippen LogP contribution in [0.1, 0.15) is 47.6 Å². The predicted octanol–water partition coefficient (Wildman–Crippen LogP) is 6.17. The van der Waals surface area contributed by atoms with Crippen LogP contribution in [-0.2, 0) is 12.8 Å². The Labute approximate surface area is 137 Å². The van der Waals surface area contributed by atoms with Crippen LogP contribution >= 0.6 is 0 Å². The maximum Gasteiger partial charge on any atom is -0.00995 e. The molecular formula is C23H22. The first-order chi connectivity index (χ1) is 11.1. The minimum absolute atomic E-state index is 0.609. The molecule has 0 saturated heterocycles. The van der Waals surface area contributed by atoms with Gasteiger partial charge in [0, 0.05) is 0 Å². The Morgan fingerprint density at radius 1 is 0.913 bits per heavy atom. The van der Waals surface area contributed by atoms with Crippen LogP contribution in [0.25, 0.3) is 27.6 Å². The Bertz CT molecular complexity index is 1000. The second-order valence-corrected chi connectivity index (χ2v) is 7.48. The molecule has 0 saturated carbocycles. The third-order valence-electron chi connectivity index (χ3n) is 6.30. The summed E-state index contributed by atoms with van der Waals surface area (Å²) in [5, 5.41) is 5.90. The Balaban J connectivity index is 1.94. The van der Waals surface area contributed by atoms with Crippen LogP contribution in [0.15, 0.2) is 36.4 Å². The van der Waals surface area contributed by atoms with Crippen molar-refractivity contribution in [3.63, 3.8) is 0 Å². The summed E-state index contributed by atoms with van der Waals surface area (Å²) in [5.41, 5.74) is 7.59. The van der Waals surface area contributed by atoms with E-state index in [0.717, 1.165) is 0 Å². The summed E-state index contributed by atoms with van der Waals surface area (Å²) in [6.07, 6.45) is 7.15. The summed E-state index contributed by atoms with van der Waals surface area (Å²) in [5.74, 6) is 1.24. The third kappa shape index (κ3) is 1.67. The first-order valence-electron chi connectivity index (χ1n) is 8.84. The lowest BCUT2D eigenvalue weighted by Gasteiger charge is -2.25. The summed E-state index contributed by atoms with van der Waals surface area (Å²) in [4.78, 5) is 0. The van der Waals surface area contributed by atoms with Gasteiger partial charge in [0.15, 0.2) is 0 Å². The molecule has 2 atom stereocenters. The van der Waals surface area contributed by atoms with Gasteiger partial charge in [0.1, 0.15) is 0 Å². The molecule has 0 radical (unpaired) electrons. The zero-order valence-electron chi connectivity index (χ0n) is 14.1. The molecule has 0 bridgehead atoms. The SMILES string of the molecule is Cc1ccc2cc3c4c(ccc3c3c2c1CC3)[C@@H](C)[C@H](C)C=C4. The highest BCUT2D eigenvalue weighted by Crippen LogP contribution is 2.43. The van der Waals surface area contributed by atoms with E-state index in [2.05, 4.69) is 63.3 Å². The fourth-order valence-electron chi connectivity index (χ4n) is 4.72. The molecule has 0 heterocycles. The van der Waals surface area contributed by atoms with Gasteiger partial charge in [-0.1, -0.05) is 50.3 Å². The summed E-state index contributed by atoms with van der Waals surface area (Å²) >= 11 is 0. The molecular weight excluding hydrogens is 276 g/mol. The Kier molecular flexibility index (Phi) is 2.60. The highest BCUT2D eigenvalue weighted by molar-refractivity contribution is 6.08. The van der Waals surface area contributed by atoms with Gasteiger partial charge in [-0.15, -0.1) is 0 Å². The van der Waals surface area contributed by atoms with E-state index in [0.29, 0.717) is 11.8 Å². The fraction of sp³-hybridized carbons (Fsp3) is 0.304. The summed E-state index contributed by atoms with van der Waals surface area (Å²) in [7, 11) is 0. The highest BCUT2D eigenvalue weighted by atomic mass is 14.3. The molecule has 0 heteroatoms. The first kappa shape index (κ1) is 13.4. The Morgan fingerprint density at radius 3 is 2.61 bits per heavy atom. The van der Waals surface area contributed by atoms with Crippen LogP contribution in [0.3, 0.4) is 0 Å². The zero-order chi connectivity index (χ0) is 15.7. The molecule has 0 unspecified atom stereocenters. The van der Waals surface area contributed by atoms with Crippen molar-refractivity contribution < 1.29 is 0 Å². The maximum absolute atomic E-state index is 2.44. The minimum atomic E-state index is 0.609. The second-order valence-electron chi connectivity index (χ2n) is 7.48. The summed E-state index contributed by atoms with van der Waals surface area (Å²) in [6, 6.07) is 11.8. The molecule has 23 heavy (non-hydrogen) atoms. The average Bonchev–Trinajstić information content (AvgIpc) is 3.01. The fourth-order valence-corrected chi connectivity index (χ4v) is 4.72. The second kappa shape index (κ2) is 4.47. The monoisotopic (exact) mass is 298 g/mol. The molecule has 0 aliphatic heterocycles. The molecule has 2 aliphatic rings. The van der Waals surface area contributed by atoms with E-state index in [1.54, 1.807) is 16.5 Å². The number of aryl methyl sites for hydroxylation is 3. The lowest BCUT2D eigenvalue weighted by Crippen LogP contribution is -2.09. The molecule has 0 fully saturated rings. The molecule has 114 valence electrons. The smallest absolute Gasteiger partial charge is 0.00995 e. The van der Waals surface area contributed by atoms with E-state index in [1.165, 1.54) is 45.7 Å². The largest absolute Gasteiger partial charge is 0.0805 e. The molecule has 3 aromatic rings. The van der Waals surface area contributed by atoms with Crippen LogP contribution in [0, 0.1) is 12.8 Å². The van der Waals surface area contributed by atoms with Gasteiger partial charge < -0.3 is 0 Å². The number of rotatable bonds is 0. The van der Waals surface area contributed by atoms with Crippen molar-refractivity contribution in [1.82, 2.24) is 0 Å². The standard InChI is InChI=1S/C23H22/c1-13-5-7-19-18(15(13)3)9-10-20-21-11-8-17-14(2)4-6-16(23(17)21)12-22(19)20/h4-7,9-10,12-13,15H,8,11H2,1-3H3/t13-,15+/m1/s1. The lowest BCUT2D eigenvalue weighted by atomic mass is 9.79. The lowest BCUT2D eigenvalue weighted by molar-refractivity contribution is 0.586. The van der Waals surface area contributed by atoms with Gasteiger partial charge in [0.25, 0.3) is 0 Å². The topological polar surface area (TPSA) is 0 Å². The van der Waals surface area contributed by atoms with E-state index < -0.39 is 0 Å². The van der Waals surface area contributed by atoms with E-state index in [4.69, 9.17) is 0 Å². The maximum atomic E-state index is 2.44. The van der Waals surface area contributed by atoms with Crippen LogP contribution < -0.4 is 0 Å². The molecule has 0 aromatic heterocycles. The molecule has 0 amide bonds. The van der Waals surface area contributed by atoms with Crippen molar-refractivity contribution in [3.8, 4) is 0 Å². The van der Waals surface area contributed by atoms with Crippen molar-refractivity contribution in [1.29, 1.82) is 0 Å². The van der Waals surface area contributed by atoms with Crippen molar-refractivity contribution in [2.24, 2.45) is 5.92 Å². The van der Waals surface area contributed by atoms with Gasteiger partial charge in [-0.3, -0.25) is 0 Å². The van der Waals surface area contributed by atoms with Crippen molar-refractivity contribution in [2.75, 3.05) is 0 Å². The highest BCUT2D eigenvalue weighted by Gasteiger charge is 2.24. The van der Waals surface area contributed by atoms with Crippen molar-refractivity contribution in [3.05, 3.63) is 64.2 Å².